The van der Waals surface area contributed by atoms with Crippen molar-refractivity contribution in [3.8, 4) is 0 Å². The second-order valence-electron chi connectivity index (χ2n) is 3.86. The minimum Gasteiger partial charge on any atom is -0.381 e. The molecule has 58 valence electrons. The molecule has 0 amide bonds. The third-order valence-electron chi connectivity index (χ3n) is 2.86. The summed E-state index contributed by atoms with van der Waals surface area (Å²) in [7, 11) is 0. The van der Waals surface area contributed by atoms with E-state index in [1.807, 2.05) is 0 Å². The van der Waals surface area contributed by atoms with Crippen molar-refractivity contribution in [2.75, 3.05) is 13.2 Å². The molecule has 0 N–H and O–H groups in total. The Kier molecular flexibility index (Phi) is 1.69. The largest absolute Gasteiger partial charge is 0.381 e. The van der Waals surface area contributed by atoms with Gasteiger partial charge in [0.25, 0.3) is 0 Å². The van der Waals surface area contributed by atoms with E-state index in [0.29, 0.717) is 5.41 Å². The fourth-order valence-corrected chi connectivity index (χ4v) is 1.81. The first-order chi connectivity index (χ1) is 4.91. The summed E-state index contributed by atoms with van der Waals surface area (Å²) in [6.07, 6.45) is 8.44. The van der Waals surface area contributed by atoms with Crippen molar-refractivity contribution in [2.45, 2.75) is 38.5 Å². The van der Waals surface area contributed by atoms with Crippen molar-refractivity contribution in [1.29, 1.82) is 0 Å². The molecule has 1 nitrogen and oxygen atoms in total. The van der Waals surface area contributed by atoms with Crippen LogP contribution in [0.5, 0.6) is 0 Å². The van der Waals surface area contributed by atoms with Crippen molar-refractivity contribution < 1.29 is 4.74 Å². The van der Waals surface area contributed by atoms with Gasteiger partial charge in [0.15, 0.2) is 0 Å². The molecule has 0 aromatic rings. The second kappa shape index (κ2) is 2.54. The lowest BCUT2D eigenvalue weighted by atomic mass is 9.98. The van der Waals surface area contributed by atoms with Crippen LogP contribution in [0.25, 0.3) is 0 Å². The highest BCUT2D eigenvalue weighted by Gasteiger charge is 2.42. The Morgan fingerprint density at radius 1 is 0.900 bits per heavy atom. The second-order valence-corrected chi connectivity index (χ2v) is 3.86. The normalized spacial score (nSPS) is 31.2. The van der Waals surface area contributed by atoms with Crippen LogP contribution in [0, 0.1) is 5.41 Å². The molecular weight excluding hydrogens is 124 g/mol. The summed E-state index contributed by atoms with van der Waals surface area (Å²) >= 11 is 0. The van der Waals surface area contributed by atoms with Crippen LogP contribution in [-0.4, -0.2) is 13.2 Å². The lowest BCUT2D eigenvalue weighted by molar-refractivity contribution is 0.0711. The van der Waals surface area contributed by atoms with E-state index in [1.54, 1.807) is 0 Å². The van der Waals surface area contributed by atoms with Gasteiger partial charge in [-0.25, -0.2) is 0 Å². The van der Waals surface area contributed by atoms with Gasteiger partial charge in [0.2, 0.25) is 0 Å². The quantitative estimate of drug-likeness (QED) is 0.502. The number of rotatable bonds is 0. The van der Waals surface area contributed by atoms with Crippen molar-refractivity contribution in [1.82, 2.24) is 0 Å². The van der Waals surface area contributed by atoms with Crippen LogP contribution in [0.4, 0.5) is 0 Å². The SMILES string of the molecule is C1CCOCC2(CC1)CC2. The first-order valence-electron chi connectivity index (χ1n) is 4.49. The Hall–Kier alpha value is -0.0400. The predicted molar refractivity (Wildman–Crippen MR) is 41.0 cm³/mol. The van der Waals surface area contributed by atoms with Crippen molar-refractivity contribution in [2.24, 2.45) is 5.41 Å². The van der Waals surface area contributed by atoms with E-state index in [0.717, 1.165) is 13.2 Å². The summed E-state index contributed by atoms with van der Waals surface area (Å²) in [5, 5.41) is 0. The molecule has 1 heteroatoms. The number of hydrogen-bond donors (Lipinski definition) is 0. The maximum atomic E-state index is 5.55. The fraction of sp³-hybridized carbons (Fsp3) is 1.00. The molecule has 0 radical (unpaired) electrons. The molecule has 10 heavy (non-hydrogen) atoms. The molecule has 0 aromatic heterocycles. The Morgan fingerprint density at radius 3 is 2.60 bits per heavy atom. The molecule has 2 aliphatic rings. The van der Waals surface area contributed by atoms with Gasteiger partial charge in [0.1, 0.15) is 0 Å². The lowest BCUT2D eigenvalue weighted by Gasteiger charge is -2.18. The standard InChI is InChI=1S/C9H16O/c1-2-4-9(5-6-9)8-10-7-3-1/h1-8H2. The van der Waals surface area contributed by atoms with Gasteiger partial charge in [-0.15, -0.1) is 0 Å². The van der Waals surface area contributed by atoms with Crippen LogP contribution in [0.15, 0.2) is 0 Å². The van der Waals surface area contributed by atoms with E-state index in [9.17, 15) is 0 Å². The molecule has 1 saturated heterocycles. The van der Waals surface area contributed by atoms with Crippen LogP contribution in [0.2, 0.25) is 0 Å². The van der Waals surface area contributed by atoms with E-state index >= 15 is 0 Å². The van der Waals surface area contributed by atoms with Gasteiger partial charge in [-0.3, -0.25) is 0 Å². The first kappa shape index (κ1) is 6.66. The Bertz CT molecular complexity index is 106. The third-order valence-corrected chi connectivity index (χ3v) is 2.86. The van der Waals surface area contributed by atoms with Crippen LogP contribution in [0.1, 0.15) is 38.5 Å². The summed E-state index contributed by atoms with van der Waals surface area (Å²) in [4.78, 5) is 0. The third kappa shape index (κ3) is 1.34. The molecule has 2 fully saturated rings. The predicted octanol–water partition coefficient (Wildman–Crippen LogP) is 2.36. The zero-order valence-corrected chi connectivity index (χ0v) is 6.57. The van der Waals surface area contributed by atoms with E-state index in [2.05, 4.69) is 0 Å². The molecule has 1 aliphatic carbocycles. The van der Waals surface area contributed by atoms with Gasteiger partial charge in [-0.2, -0.15) is 0 Å². The monoisotopic (exact) mass is 140 g/mol. The minimum atomic E-state index is 0.681. The highest BCUT2D eigenvalue weighted by Crippen LogP contribution is 2.50. The highest BCUT2D eigenvalue weighted by atomic mass is 16.5. The zero-order valence-electron chi connectivity index (χ0n) is 6.57. The zero-order chi connectivity index (χ0) is 6.86. The Labute approximate surface area is 62.8 Å². The fourth-order valence-electron chi connectivity index (χ4n) is 1.81. The van der Waals surface area contributed by atoms with Crippen LogP contribution in [-0.2, 0) is 4.74 Å². The molecule has 0 atom stereocenters. The van der Waals surface area contributed by atoms with Crippen LogP contribution < -0.4 is 0 Å². The first-order valence-corrected chi connectivity index (χ1v) is 4.49. The van der Waals surface area contributed by atoms with Gasteiger partial charge in [0, 0.05) is 6.61 Å². The minimum absolute atomic E-state index is 0.681. The van der Waals surface area contributed by atoms with E-state index in [4.69, 9.17) is 4.74 Å². The average molecular weight is 140 g/mol. The molecule has 1 spiro atoms. The van der Waals surface area contributed by atoms with Gasteiger partial charge in [-0.05, 0) is 31.1 Å². The van der Waals surface area contributed by atoms with Crippen molar-refractivity contribution in [3.63, 3.8) is 0 Å². The van der Waals surface area contributed by atoms with Gasteiger partial charge < -0.3 is 4.74 Å². The van der Waals surface area contributed by atoms with Gasteiger partial charge in [0.05, 0.1) is 6.61 Å². The maximum absolute atomic E-state index is 5.55. The highest BCUT2D eigenvalue weighted by molar-refractivity contribution is 4.93. The molecule has 1 aliphatic heterocycles. The summed E-state index contributed by atoms with van der Waals surface area (Å²) < 4.78 is 5.55. The maximum Gasteiger partial charge on any atom is 0.0522 e. The Morgan fingerprint density at radius 2 is 1.80 bits per heavy atom. The van der Waals surface area contributed by atoms with Crippen molar-refractivity contribution >= 4 is 0 Å². The topological polar surface area (TPSA) is 9.23 Å². The molecule has 1 saturated carbocycles. The molecule has 2 rings (SSSR count). The molecule has 0 aromatic carbocycles. The summed E-state index contributed by atoms with van der Waals surface area (Å²) in [6, 6.07) is 0. The molecule has 0 unspecified atom stereocenters. The van der Waals surface area contributed by atoms with Gasteiger partial charge >= 0.3 is 0 Å². The summed E-state index contributed by atoms with van der Waals surface area (Å²) in [6.45, 7) is 2.08. The smallest absolute Gasteiger partial charge is 0.0522 e. The summed E-state index contributed by atoms with van der Waals surface area (Å²) in [5.74, 6) is 0. The lowest BCUT2D eigenvalue weighted by Crippen LogP contribution is -2.13. The molecule has 0 bridgehead atoms. The van der Waals surface area contributed by atoms with Crippen LogP contribution in [0.3, 0.4) is 0 Å². The van der Waals surface area contributed by atoms with Gasteiger partial charge in [-0.1, -0.05) is 12.8 Å². The van der Waals surface area contributed by atoms with E-state index in [1.165, 1.54) is 38.5 Å². The van der Waals surface area contributed by atoms with Crippen molar-refractivity contribution in [3.05, 3.63) is 0 Å². The Balaban J connectivity index is 1.84. The average Bonchev–Trinajstić information content (AvgIpc) is 2.61. The van der Waals surface area contributed by atoms with E-state index in [-0.39, 0.29) is 0 Å². The number of hydrogen-bond acceptors (Lipinski definition) is 1. The number of ether oxygens (including phenoxy) is 1. The summed E-state index contributed by atoms with van der Waals surface area (Å²) in [5.41, 5.74) is 0.681. The molecule has 1 heterocycles. The van der Waals surface area contributed by atoms with Crippen LogP contribution >= 0.6 is 0 Å². The molecular formula is C9H16O. The van der Waals surface area contributed by atoms with E-state index < -0.39 is 0 Å².